The maximum Gasteiger partial charge on any atom is 0.314 e. The van der Waals surface area contributed by atoms with Crippen molar-refractivity contribution in [3.05, 3.63) is 28.0 Å². The largest absolute Gasteiger partial charge is 0.508 e. The quantitative estimate of drug-likeness (QED) is 0.880. The third kappa shape index (κ3) is 1.50. The van der Waals surface area contributed by atoms with Crippen molar-refractivity contribution in [3.63, 3.8) is 0 Å². The van der Waals surface area contributed by atoms with Gasteiger partial charge in [0.25, 0.3) is 0 Å². The molecule has 1 aliphatic carbocycles. The maximum atomic E-state index is 13.1. The monoisotopic (exact) mass is 288 g/mol. The lowest BCUT2D eigenvalue weighted by Gasteiger charge is -2.38. The van der Waals surface area contributed by atoms with E-state index in [2.05, 4.69) is 15.9 Å². The Balaban J connectivity index is 2.55. The predicted molar refractivity (Wildman–Crippen MR) is 58.9 cm³/mol. The summed E-state index contributed by atoms with van der Waals surface area (Å²) in [5.41, 5.74) is -0.750. The Bertz CT molecular complexity index is 455. The minimum absolute atomic E-state index is 0.174. The summed E-state index contributed by atoms with van der Waals surface area (Å²) in [6.45, 7) is 0. The Kier molecular flexibility index (Phi) is 2.66. The molecule has 3 nitrogen and oxygen atoms in total. The molecule has 0 spiro atoms. The van der Waals surface area contributed by atoms with Gasteiger partial charge in [-0.2, -0.15) is 0 Å². The lowest BCUT2D eigenvalue weighted by Crippen LogP contribution is -2.42. The first kappa shape index (κ1) is 11.4. The Hall–Kier alpha value is -1.10. The van der Waals surface area contributed by atoms with Crippen LogP contribution in [0.15, 0.2) is 16.6 Å². The number of carboxylic acids is 1. The average Bonchev–Trinajstić information content (AvgIpc) is 2.11. The second-order valence-electron chi connectivity index (χ2n) is 4.02. The van der Waals surface area contributed by atoms with Crippen molar-refractivity contribution in [2.24, 2.45) is 0 Å². The van der Waals surface area contributed by atoms with E-state index in [1.807, 2.05) is 0 Å². The molecule has 86 valence electrons. The Morgan fingerprint density at radius 2 is 2.06 bits per heavy atom. The van der Waals surface area contributed by atoms with Crippen molar-refractivity contribution in [1.29, 1.82) is 0 Å². The fraction of sp³-hybridized carbons (Fsp3) is 0.364. The molecular formula is C11H10BrFO3. The van der Waals surface area contributed by atoms with E-state index >= 15 is 0 Å². The molecule has 0 aromatic heterocycles. The number of hydrogen-bond acceptors (Lipinski definition) is 2. The van der Waals surface area contributed by atoms with E-state index in [0.29, 0.717) is 18.4 Å². The van der Waals surface area contributed by atoms with Gasteiger partial charge in [0, 0.05) is 11.6 Å². The molecule has 1 aromatic carbocycles. The average molecular weight is 289 g/mol. The van der Waals surface area contributed by atoms with E-state index in [1.54, 1.807) is 0 Å². The van der Waals surface area contributed by atoms with Gasteiger partial charge >= 0.3 is 5.97 Å². The maximum absolute atomic E-state index is 13.1. The van der Waals surface area contributed by atoms with Crippen LogP contribution in [0.5, 0.6) is 5.75 Å². The van der Waals surface area contributed by atoms with Gasteiger partial charge in [0.15, 0.2) is 0 Å². The van der Waals surface area contributed by atoms with Crippen molar-refractivity contribution in [3.8, 4) is 5.75 Å². The molecule has 1 fully saturated rings. The van der Waals surface area contributed by atoms with Crippen LogP contribution < -0.4 is 0 Å². The molecule has 0 amide bonds. The zero-order valence-corrected chi connectivity index (χ0v) is 9.92. The highest BCUT2D eigenvalue weighted by Gasteiger charge is 2.47. The summed E-state index contributed by atoms with van der Waals surface area (Å²) in [5.74, 6) is -1.85. The summed E-state index contributed by atoms with van der Waals surface area (Å²) in [6, 6.07) is 2.31. The van der Waals surface area contributed by atoms with Gasteiger partial charge in [-0.1, -0.05) is 6.42 Å². The lowest BCUT2D eigenvalue weighted by atomic mass is 9.64. The number of rotatable bonds is 2. The van der Waals surface area contributed by atoms with Gasteiger partial charge in [-0.15, -0.1) is 0 Å². The fourth-order valence-corrected chi connectivity index (χ4v) is 2.39. The molecule has 0 saturated heterocycles. The number of phenolic OH excluding ortho intramolecular Hbond substituents is 1. The van der Waals surface area contributed by atoms with Gasteiger partial charge in [0.05, 0.1) is 9.89 Å². The normalized spacial score (nSPS) is 17.9. The van der Waals surface area contributed by atoms with Crippen molar-refractivity contribution in [1.82, 2.24) is 0 Å². The predicted octanol–water partition coefficient (Wildman–Crippen LogP) is 2.80. The standard InChI is InChI=1S/C11H10BrFO3/c12-7-4-6(9(14)5-8(7)13)11(10(15)16)2-1-3-11/h4-5,14H,1-3H2,(H,15,16). The molecule has 1 aliphatic rings. The lowest BCUT2D eigenvalue weighted by molar-refractivity contribution is -0.147. The number of hydrogen-bond donors (Lipinski definition) is 2. The van der Waals surface area contributed by atoms with E-state index in [0.717, 1.165) is 12.5 Å². The molecule has 2 rings (SSSR count). The van der Waals surface area contributed by atoms with Crippen molar-refractivity contribution in [2.45, 2.75) is 24.7 Å². The second-order valence-corrected chi connectivity index (χ2v) is 4.88. The van der Waals surface area contributed by atoms with Gasteiger partial charge in [-0.3, -0.25) is 4.79 Å². The molecule has 2 N–H and O–H groups in total. The van der Waals surface area contributed by atoms with Crippen LogP contribution in [0.2, 0.25) is 0 Å². The van der Waals surface area contributed by atoms with Crippen molar-refractivity contribution < 1.29 is 19.4 Å². The van der Waals surface area contributed by atoms with Crippen LogP contribution in [-0.4, -0.2) is 16.2 Å². The summed E-state index contributed by atoms with van der Waals surface area (Å²) in [4.78, 5) is 11.2. The minimum atomic E-state index is -1.04. The highest BCUT2D eigenvalue weighted by molar-refractivity contribution is 9.10. The smallest absolute Gasteiger partial charge is 0.314 e. The van der Waals surface area contributed by atoms with E-state index in [9.17, 15) is 19.4 Å². The summed E-state index contributed by atoms with van der Waals surface area (Å²) < 4.78 is 13.3. The molecule has 1 saturated carbocycles. The summed E-state index contributed by atoms with van der Waals surface area (Å²) in [7, 11) is 0. The summed E-state index contributed by atoms with van der Waals surface area (Å²) >= 11 is 3.00. The molecule has 5 heteroatoms. The number of carbonyl (C=O) groups is 1. The van der Waals surface area contributed by atoms with Crippen LogP contribution in [-0.2, 0) is 10.2 Å². The van der Waals surface area contributed by atoms with Crippen LogP contribution in [0, 0.1) is 5.82 Å². The Morgan fingerprint density at radius 3 is 2.50 bits per heavy atom. The van der Waals surface area contributed by atoms with Gasteiger partial charge in [0.2, 0.25) is 0 Å². The number of halogens is 2. The SMILES string of the molecule is O=C(O)C1(c2cc(Br)c(F)cc2O)CCC1. The number of phenols is 1. The van der Waals surface area contributed by atoms with Crippen molar-refractivity contribution >= 4 is 21.9 Å². The molecule has 0 atom stereocenters. The zero-order chi connectivity index (χ0) is 11.9. The number of benzene rings is 1. The first-order valence-corrected chi connectivity index (χ1v) is 5.68. The van der Waals surface area contributed by atoms with E-state index in [4.69, 9.17) is 0 Å². The number of aromatic hydroxyl groups is 1. The van der Waals surface area contributed by atoms with Crippen LogP contribution in [0.1, 0.15) is 24.8 Å². The second kappa shape index (κ2) is 3.73. The van der Waals surface area contributed by atoms with Gasteiger partial charge in [0.1, 0.15) is 11.6 Å². The van der Waals surface area contributed by atoms with E-state index < -0.39 is 17.2 Å². The Morgan fingerprint density at radius 1 is 1.44 bits per heavy atom. The first-order chi connectivity index (χ1) is 7.47. The molecule has 16 heavy (non-hydrogen) atoms. The van der Waals surface area contributed by atoms with Crippen LogP contribution >= 0.6 is 15.9 Å². The Labute approximate surface area is 100 Å². The zero-order valence-electron chi connectivity index (χ0n) is 8.33. The summed E-state index contributed by atoms with van der Waals surface area (Å²) in [5, 5.41) is 18.8. The van der Waals surface area contributed by atoms with E-state index in [-0.39, 0.29) is 10.2 Å². The highest BCUT2D eigenvalue weighted by atomic mass is 79.9. The highest BCUT2D eigenvalue weighted by Crippen LogP contribution is 2.48. The minimum Gasteiger partial charge on any atom is -0.508 e. The molecule has 0 bridgehead atoms. The van der Waals surface area contributed by atoms with Crippen molar-refractivity contribution in [2.75, 3.05) is 0 Å². The topological polar surface area (TPSA) is 57.5 Å². The van der Waals surface area contributed by atoms with Gasteiger partial charge < -0.3 is 10.2 Å². The van der Waals surface area contributed by atoms with E-state index in [1.165, 1.54) is 6.07 Å². The third-order valence-corrected chi connectivity index (χ3v) is 3.78. The molecule has 0 aliphatic heterocycles. The fourth-order valence-electron chi connectivity index (χ4n) is 2.05. The molecular weight excluding hydrogens is 279 g/mol. The van der Waals surface area contributed by atoms with Gasteiger partial charge in [-0.05, 0) is 34.8 Å². The molecule has 1 aromatic rings. The van der Waals surface area contributed by atoms with Crippen LogP contribution in [0.3, 0.4) is 0 Å². The van der Waals surface area contributed by atoms with Crippen LogP contribution in [0.25, 0.3) is 0 Å². The summed E-state index contributed by atoms with van der Waals surface area (Å²) in [6.07, 6.45) is 1.77. The van der Waals surface area contributed by atoms with Crippen LogP contribution in [0.4, 0.5) is 4.39 Å². The first-order valence-electron chi connectivity index (χ1n) is 4.89. The van der Waals surface area contributed by atoms with Gasteiger partial charge in [-0.25, -0.2) is 4.39 Å². The molecule has 0 unspecified atom stereocenters. The number of aliphatic carboxylic acids is 1. The third-order valence-electron chi connectivity index (χ3n) is 3.17. The molecule has 0 heterocycles. The number of carboxylic acid groups (broad SMARTS) is 1. The molecule has 0 radical (unpaired) electrons.